The van der Waals surface area contributed by atoms with Crippen molar-refractivity contribution in [1.29, 1.82) is 0 Å². The maximum Gasteiger partial charge on any atom is 0.257 e. The molecule has 0 aliphatic heterocycles. The molecule has 0 fully saturated rings. The van der Waals surface area contributed by atoms with Crippen molar-refractivity contribution in [3.05, 3.63) is 24.3 Å². The summed E-state index contributed by atoms with van der Waals surface area (Å²) in [6.45, 7) is 4.98. The number of amides is 1. The highest BCUT2D eigenvalue weighted by Crippen LogP contribution is 2.29. The molecule has 0 heterocycles. The van der Waals surface area contributed by atoms with Gasteiger partial charge in [0.05, 0.1) is 0 Å². The van der Waals surface area contributed by atoms with Gasteiger partial charge < -0.3 is 15.8 Å². The smallest absolute Gasteiger partial charge is 0.257 e. The van der Waals surface area contributed by atoms with Gasteiger partial charge in [0.25, 0.3) is 5.91 Å². The number of carbonyl (C=O) groups is 1. The van der Waals surface area contributed by atoms with Gasteiger partial charge in [-0.05, 0) is 31.2 Å². The van der Waals surface area contributed by atoms with E-state index in [0.717, 1.165) is 12.8 Å². The summed E-state index contributed by atoms with van der Waals surface area (Å²) in [5.41, 5.74) is 6.28. The molecule has 1 rings (SSSR count). The summed E-state index contributed by atoms with van der Waals surface area (Å²) in [5, 5.41) is 2.95. The lowest BCUT2D eigenvalue weighted by atomic mass is 10.0. The molecule has 3 N–H and O–H groups in total. The maximum absolute atomic E-state index is 11.8. The van der Waals surface area contributed by atoms with Gasteiger partial charge in [0.2, 0.25) is 0 Å². The Labute approximate surface area is 125 Å². The Hall–Kier alpha value is -1.36. The zero-order chi connectivity index (χ0) is 15.0. The first-order valence-corrected chi connectivity index (χ1v) is 8.08. The first kappa shape index (κ1) is 16.7. The molecule has 0 radical (unpaired) electrons. The van der Waals surface area contributed by atoms with E-state index >= 15 is 0 Å². The number of anilines is 1. The molecule has 1 amide bonds. The first-order chi connectivity index (χ1) is 9.55. The number of nitrogens with one attached hydrogen (secondary N) is 1. The Kier molecular flexibility index (Phi) is 6.71. The van der Waals surface area contributed by atoms with Gasteiger partial charge >= 0.3 is 0 Å². The normalized spacial score (nSPS) is 11.2. The number of hydrogen-bond acceptors (Lipinski definition) is 4. The van der Waals surface area contributed by atoms with Gasteiger partial charge in [0, 0.05) is 23.0 Å². The third kappa shape index (κ3) is 4.96. The Morgan fingerprint density at radius 2 is 2.10 bits per heavy atom. The third-order valence-corrected chi connectivity index (χ3v) is 5.15. The lowest BCUT2D eigenvalue weighted by molar-refractivity contribution is -0.123. The van der Waals surface area contributed by atoms with Crippen LogP contribution >= 0.6 is 11.8 Å². The molecule has 1 aromatic carbocycles. The lowest BCUT2D eigenvalue weighted by Crippen LogP contribution is -2.41. The number of ether oxygens (including phenoxy) is 1. The number of carbonyl (C=O) groups excluding carboxylic acids is 1. The predicted octanol–water partition coefficient (Wildman–Crippen LogP) is 2.69. The van der Waals surface area contributed by atoms with E-state index in [4.69, 9.17) is 10.5 Å². The summed E-state index contributed by atoms with van der Waals surface area (Å²) >= 11 is 1.80. The van der Waals surface area contributed by atoms with Crippen LogP contribution in [0.15, 0.2) is 24.3 Å². The van der Waals surface area contributed by atoms with E-state index in [-0.39, 0.29) is 17.3 Å². The topological polar surface area (TPSA) is 64.3 Å². The quantitative estimate of drug-likeness (QED) is 0.724. The zero-order valence-electron chi connectivity index (χ0n) is 12.4. The third-order valence-electron chi connectivity index (χ3n) is 3.56. The average Bonchev–Trinajstić information content (AvgIpc) is 2.47. The molecule has 112 valence electrons. The number of benzene rings is 1. The monoisotopic (exact) mass is 296 g/mol. The van der Waals surface area contributed by atoms with E-state index < -0.39 is 0 Å². The molecule has 1 aromatic rings. The maximum atomic E-state index is 11.8. The molecule has 0 aliphatic rings. The van der Waals surface area contributed by atoms with Crippen molar-refractivity contribution in [2.45, 2.75) is 31.4 Å². The minimum atomic E-state index is -0.104. The van der Waals surface area contributed by atoms with Gasteiger partial charge in [-0.25, -0.2) is 0 Å². The Balaban J connectivity index is 2.40. The summed E-state index contributed by atoms with van der Waals surface area (Å²) in [7, 11) is 0. The van der Waals surface area contributed by atoms with Gasteiger partial charge in [-0.1, -0.05) is 19.9 Å². The summed E-state index contributed by atoms with van der Waals surface area (Å²) in [6, 6.07) is 7.07. The number of thioether (sulfide) groups is 1. The fraction of sp³-hybridized carbons (Fsp3) is 0.533. The van der Waals surface area contributed by atoms with Gasteiger partial charge in [-0.3, -0.25) is 4.79 Å². The molecule has 4 nitrogen and oxygen atoms in total. The molecule has 0 atom stereocenters. The standard InChI is InChI=1S/C15H24N2O2S/c1-4-15(5-2,20-3)11-17-14(18)10-19-13-8-6-7-12(16)9-13/h6-9H,4-5,10-11,16H2,1-3H3,(H,17,18). The second kappa shape index (κ2) is 8.04. The molecule has 0 aliphatic carbocycles. The Morgan fingerprint density at radius 3 is 2.65 bits per heavy atom. The van der Waals surface area contributed by atoms with Crippen LogP contribution in [0.1, 0.15) is 26.7 Å². The molecule has 0 unspecified atom stereocenters. The SMILES string of the molecule is CCC(CC)(CNC(=O)COc1cccc(N)c1)SC. The molecule has 0 bridgehead atoms. The van der Waals surface area contributed by atoms with Crippen LogP contribution in [0.2, 0.25) is 0 Å². The highest BCUT2D eigenvalue weighted by atomic mass is 32.2. The van der Waals surface area contributed by atoms with Crippen molar-refractivity contribution in [3.63, 3.8) is 0 Å². The molecule has 5 heteroatoms. The largest absolute Gasteiger partial charge is 0.484 e. The van der Waals surface area contributed by atoms with Crippen molar-refractivity contribution < 1.29 is 9.53 Å². The number of rotatable bonds is 8. The van der Waals surface area contributed by atoms with E-state index in [0.29, 0.717) is 18.0 Å². The number of hydrogen-bond donors (Lipinski definition) is 2. The van der Waals surface area contributed by atoms with Crippen molar-refractivity contribution >= 4 is 23.4 Å². The highest BCUT2D eigenvalue weighted by Gasteiger charge is 2.25. The van der Waals surface area contributed by atoms with Crippen molar-refractivity contribution in [3.8, 4) is 5.75 Å². The second-order valence-corrected chi connectivity index (χ2v) is 6.01. The Bertz CT molecular complexity index is 425. The van der Waals surface area contributed by atoms with E-state index in [1.165, 1.54) is 0 Å². The van der Waals surface area contributed by atoms with E-state index in [1.807, 2.05) is 0 Å². The fourth-order valence-electron chi connectivity index (χ4n) is 1.92. The Morgan fingerprint density at radius 1 is 1.40 bits per heavy atom. The molecule has 0 spiro atoms. The number of nitrogens with two attached hydrogens (primary N) is 1. The molecular formula is C15H24N2O2S. The van der Waals surface area contributed by atoms with Crippen LogP contribution < -0.4 is 15.8 Å². The molecule has 20 heavy (non-hydrogen) atoms. The molecule has 0 saturated heterocycles. The van der Waals surface area contributed by atoms with E-state index in [2.05, 4.69) is 25.4 Å². The summed E-state index contributed by atoms with van der Waals surface area (Å²) in [6.07, 6.45) is 4.14. The van der Waals surface area contributed by atoms with E-state index in [1.54, 1.807) is 36.0 Å². The van der Waals surface area contributed by atoms with Crippen LogP contribution in [0.3, 0.4) is 0 Å². The second-order valence-electron chi connectivity index (χ2n) is 4.73. The van der Waals surface area contributed by atoms with Crippen LogP contribution in [-0.2, 0) is 4.79 Å². The molecular weight excluding hydrogens is 272 g/mol. The molecule has 0 saturated carbocycles. The van der Waals surface area contributed by atoms with Crippen LogP contribution in [0.5, 0.6) is 5.75 Å². The van der Waals surface area contributed by atoms with Crippen LogP contribution in [0.25, 0.3) is 0 Å². The summed E-state index contributed by atoms with van der Waals surface area (Å²) in [4.78, 5) is 11.8. The van der Waals surface area contributed by atoms with Gasteiger partial charge in [0.15, 0.2) is 6.61 Å². The average molecular weight is 296 g/mol. The predicted molar refractivity (Wildman–Crippen MR) is 86.2 cm³/mol. The fourth-order valence-corrected chi connectivity index (χ4v) is 2.72. The minimum Gasteiger partial charge on any atom is -0.484 e. The summed E-state index contributed by atoms with van der Waals surface area (Å²) in [5.74, 6) is 0.509. The number of nitrogen functional groups attached to an aromatic ring is 1. The van der Waals surface area contributed by atoms with Crippen molar-refractivity contribution in [1.82, 2.24) is 5.32 Å². The van der Waals surface area contributed by atoms with E-state index in [9.17, 15) is 4.79 Å². The van der Waals surface area contributed by atoms with Crippen LogP contribution in [-0.4, -0.2) is 30.1 Å². The van der Waals surface area contributed by atoms with Gasteiger partial charge in [-0.15, -0.1) is 0 Å². The zero-order valence-corrected chi connectivity index (χ0v) is 13.3. The van der Waals surface area contributed by atoms with Gasteiger partial charge in [0.1, 0.15) is 5.75 Å². The molecule has 0 aromatic heterocycles. The summed E-state index contributed by atoms with van der Waals surface area (Å²) < 4.78 is 5.53. The van der Waals surface area contributed by atoms with Gasteiger partial charge in [-0.2, -0.15) is 11.8 Å². The van der Waals surface area contributed by atoms with Crippen molar-refractivity contribution in [2.75, 3.05) is 25.1 Å². The highest BCUT2D eigenvalue weighted by molar-refractivity contribution is 8.00. The minimum absolute atomic E-state index is 0.0152. The van der Waals surface area contributed by atoms with Crippen LogP contribution in [0, 0.1) is 0 Å². The lowest BCUT2D eigenvalue weighted by Gasteiger charge is -2.29. The van der Waals surface area contributed by atoms with Crippen LogP contribution in [0.4, 0.5) is 5.69 Å². The van der Waals surface area contributed by atoms with Crippen molar-refractivity contribution in [2.24, 2.45) is 0 Å². The first-order valence-electron chi connectivity index (χ1n) is 6.85.